The number of fused-ring (bicyclic) bond motifs is 1. The van der Waals surface area contributed by atoms with Crippen LogP contribution in [0.2, 0.25) is 0 Å². The lowest BCUT2D eigenvalue weighted by Gasteiger charge is -2.16. The topological polar surface area (TPSA) is 151 Å². The minimum Gasteiger partial charge on any atom is -0.462 e. The fourth-order valence-electron chi connectivity index (χ4n) is 2.01. The Balaban J connectivity index is 1.81. The third-order valence-electron chi connectivity index (χ3n) is 3.72. The van der Waals surface area contributed by atoms with Gasteiger partial charge < -0.3 is 20.9 Å². The molecule has 0 spiro atoms. The van der Waals surface area contributed by atoms with Crippen LogP contribution in [0.5, 0.6) is 0 Å². The quantitative estimate of drug-likeness (QED) is 0.434. The SMILES string of the molecule is CCC(C)[C@H](N)C(=O)OCCOCn1cnc2c(=O)[nH]c(N)nc21. The zero-order valence-corrected chi connectivity index (χ0v) is 13.7. The lowest BCUT2D eigenvalue weighted by Crippen LogP contribution is -2.38. The van der Waals surface area contributed by atoms with E-state index in [1.807, 2.05) is 13.8 Å². The van der Waals surface area contributed by atoms with E-state index < -0.39 is 17.6 Å². The molecule has 0 bridgehead atoms. The van der Waals surface area contributed by atoms with E-state index in [0.29, 0.717) is 5.65 Å². The Morgan fingerprint density at radius 2 is 2.21 bits per heavy atom. The van der Waals surface area contributed by atoms with E-state index in [9.17, 15) is 9.59 Å². The van der Waals surface area contributed by atoms with Gasteiger partial charge in [-0.3, -0.25) is 19.1 Å². The van der Waals surface area contributed by atoms with Gasteiger partial charge in [-0.25, -0.2) is 4.98 Å². The number of rotatable bonds is 8. The molecule has 0 aromatic carbocycles. The molecule has 0 fully saturated rings. The standard InChI is InChI=1S/C14H22N6O4/c1-3-8(2)9(15)13(22)24-5-4-23-7-20-6-17-10-11(20)18-14(16)19-12(10)21/h6,8-9H,3-5,7,15H2,1-2H3,(H3,16,18,19,21)/t8?,9-/m0/s1. The number of H-pyrrole nitrogens is 1. The van der Waals surface area contributed by atoms with Crippen LogP contribution >= 0.6 is 0 Å². The third-order valence-corrected chi connectivity index (χ3v) is 3.72. The van der Waals surface area contributed by atoms with Gasteiger partial charge in [-0.15, -0.1) is 0 Å². The van der Waals surface area contributed by atoms with Crippen LogP contribution < -0.4 is 17.0 Å². The van der Waals surface area contributed by atoms with E-state index in [4.69, 9.17) is 20.9 Å². The highest BCUT2D eigenvalue weighted by Crippen LogP contribution is 2.07. The van der Waals surface area contributed by atoms with Gasteiger partial charge in [0.15, 0.2) is 11.2 Å². The van der Waals surface area contributed by atoms with Crippen LogP contribution in [0.1, 0.15) is 20.3 Å². The summed E-state index contributed by atoms with van der Waals surface area (Å²) in [6, 6.07) is -0.633. The largest absolute Gasteiger partial charge is 0.462 e. The van der Waals surface area contributed by atoms with E-state index in [0.717, 1.165) is 6.42 Å². The second-order valence-corrected chi connectivity index (χ2v) is 5.45. The smallest absolute Gasteiger partial charge is 0.323 e. The molecule has 0 saturated carbocycles. The van der Waals surface area contributed by atoms with Crippen LogP contribution in [-0.4, -0.2) is 44.7 Å². The summed E-state index contributed by atoms with van der Waals surface area (Å²) in [6.07, 6.45) is 2.23. The molecule has 2 atom stereocenters. The number of aromatic nitrogens is 4. The lowest BCUT2D eigenvalue weighted by molar-refractivity contribution is -0.148. The zero-order valence-electron chi connectivity index (χ0n) is 13.7. The number of ether oxygens (including phenoxy) is 2. The van der Waals surface area contributed by atoms with Gasteiger partial charge in [-0.2, -0.15) is 4.98 Å². The van der Waals surface area contributed by atoms with Crippen LogP contribution in [0.15, 0.2) is 11.1 Å². The molecular formula is C14H22N6O4. The van der Waals surface area contributed by atoms with Crippen molar-refractivity contribution in [3.05, 3.63) is 16.7 Å². The third kappa shape index (κ3) is 4.09. The van der Waals surface area contributed by atoms with Crippen LogP contribution in [0.4, 0.5) is 5.95 Å². The number of nitrogens with zero attached hydrogens (tertiary/aromatic N) is 3. The summed E-state index contributed by atoms with van der Waals surface area (Å²) in [5, 5.41) is 0. The highest BCUT2D eigenvalue weighted by Gasteiger charge is 2.20. The Hall–Kier alpha value is -2.46. The molecule has 2 heterocycles. The van der Waals surface area contributed by atoms with Crippen molar-refractivity contribution < 1.29 is 14.3 Å². The van der Waals surface area contributed by atoms with Gasteiger partial charge in [-0.1, -0.05) is 20.3 Å². The van der Waals surface area contributed by atoms with Crippen molar-refractivity contribution in [3.8, 4) is 0 Å². The number of hydrogen-bond donors (Lipinski definition) is 3. The number of aromatic amines is 1. The van der Waals surface area contributed by atoms with Gasteiger partial charge in [0.05, 0.1) is 12.9 Å². The van der Waals surface area contributed by atoms with E-state index in [1.54, 1.807) is 0 Å². The summed E-state index contributed by atoms with van der Waals surface area (Å²) in [7, 11) is 0. The highest BCUT2D eigenvalue weighted by molar-refractivity contribution is 5.75. The van der Waals surface area contributed by atoms with E-state index in [-0.39, 0.29) is 37.3 Å². The fourth-order valence-corrected chi connectivity index (χ4v) is 2.01. The molecule has 0 aliphatic carbocycles. The van der Waals surface area contributed by atoms with Crippen molar-refractivity contribution in [3.63, 3.8) is 0 Å². The maximum atomic E-state index is 11.7. The molecule has 0 aliphatic rings. The Labute approximate surface area is 138 Å². The van der Waals surface area contributed by atoms with Gasteiger partial charge >= 0.3 is 5.97 Å². The van der Waals surface area contributed by atoms with Gasteiger partial charge in [0.25, 0.3) is 5.56 Å². The maximum Gasteiger partial charge on any atom is 0.323 e. The Kier molecular flexibility index (Phi) is 5.88. The molecule has 5 N–H and O–H groups in total. The number of nitrogen functional groups attached to an aromatic ring is 1. The first-order valence-corrected chi connectivity index (χ1v) is 7.64. The van der Waals surface area contributed by atoms with Crippen molar-refractivity contribution in [2.45, 2.75) is 33.0 Å². The summed E-state index contributed by atoms with van der Waals surface area (Å²) in [6.45, 7) is 4.22. The molecule has 132 valence electrons. The van der Waals surface area contributed by atoms with Crippen molar-refractivity contribution in [1.82, 2.24) is 19.5 Å². The molecule has 10 heteroatoms. The maximum absolute atomic E-state index is 11.7. The number of nitrogens with two attached hydrogens (primary N) is 2. The normalized spacial score (nSPS) is 13.8. The first kappa shape index (κ1) is 17.9. The summed E-state index contributed by atoms with van der Waals surface area (Å²) in [5.41, 5.74) is 11.4. The van der Waals surface area contributed by atoms with E-state index >= 15 is 0 Å². The van der Waals surface area contributed by atoms with Crippen LogP contribution in [0, 0.1) is 5.92 Å². The van der Waals surface area contributed by atoms with Crippen molar-refractivity contribution in [2.24, 2.45) is 11.7 Å². The Morgan fingerprint density at radius 3 is 2.92 bits per heavy atom. The van der Waals surface area contributed by atoms with Crippen LogP contribution in [0.25, 0.3) is 11.2 Å². The predicted octanol–water partition coefficient (Wildman–Crippen LogP) is -0.407. The number of esters is 1. The highest BCUT2D eigenvalue weighted by atomic mass is 16.6. The average molecular weight is 338 g/mol. The number of nitrogens with one attached hydrogen (secondary N) is 1. The molecule has 2 aromatic rings. The summed E-state index contributed by atoms with van der Waals surface area (Å²) in [5.74, 6) is -0.380. The molecule has 0 amide bonds. The number of anilines is 1. The minimum absolute atomic E-state index is 0.00205. The molecule has 0 aliphatic heterocycles. The van der Waals surface area contributed by atoms with Crippen molar-refractivity contribution >= 4 is 23.1 Å². The summed E-state index contributed by atoms with van der Waals surface area (Å²) >= 11 is 0. The molecule has 1 unspecified atom stereocenters. The summed E-state index contributed by atoms with van der Waals surface area (Å²) in [4.78, 5) is 33.7. The molecular weight excluding hydrogens is 316 g/mol. The second-order valence-electron chi connectivity index (χ2n) is 5.45. The number of carbonyl (C=O) groups excluding carboxylic acids is 1. The lowest BCUT2D eigenvalue weighted by atomic mass is 10.0. The number of imidazole rings is 1. The predicted molar refractivity (Wildman–Crippen MR) is 86.9 cm³/mol. The molecule has 24 heavy (non-hydrogen) atoms. The Bertz CT molecular complexity index is 755. The van der Waals surface area contributed by atoms with Gasteiger partial charge in [-0.05, 0) is 5.92 Å². The van der Waals surface area contributed by atoms with E-state index in [2.05, 4.69) is 15.0 Å². The van der Waals surface area contributed by atoms with Gasteiger partial charge in [0.1, 0.15) is 19.4 Å². The number of carbonyl (C=O) groups is 1. The summed E-state index contributed by atoms with van der Waals surface area (Å²) < 4.78 is 12.0. The van der Waals surface area contributed by atoms with Crippen LogP contribution in [-0.2, 0) is 21.0 Å². The van der Waals surface area contributed by atoms with E-state index in [1.165, 1.54) is 10.9 Å². The minimum atomic E-state index is -0.633. The van der Waals surface area contributed by atoms with Gasteiger partial charge in [0, 0.05) is 0 Å². The van der Waals surface area contributed by atoms with Crippen LogP contribution in [0.3, 0.4) is 0 Å². The molecule has 2 aromatic heterocycles. The molecule has 0 radical (unpaired) electrons. The monoisotopic (exact) mass is 338 g/mol. The van der Waals surface area contributed by atoms with Crippen molar-refractivity contribution in [2.75, 3.05) is 18.9 Å². The second kappa shape index (κ2) is 7.88. The first-order valence-electron chi connectivity index (χ1n) is 7.64. The molecule has 2 rings (SSSR count). The average Bonchev–Trinajstić information content (AvgIpc) is 2.96. The van der Waals surface area contributed by atoms with Gasteiger partial charge in [0.2, 0.25) is 5.95 Å². The molecule has 10 nitrogen and oxygen atoms in total. The first-order chi connectivity index (χ1) is 11.4. The number of hydrogen-bond acceptors (Lipinski definition) is 8. The fraction of sp³-hybridized carbons (Fsp3) is 0.571. The Morgan fingerprint density at radius 1 is 1.46 bits per heavy atom. The molecule has 0 saturated heterocycles. The van der Waals surface area contributed by atoms with Crippen molar-refractivity contribution in [1.29, 1.82) is 0 Å². The zero-order chi connectivity index (χ0) is 17.7.